The number of nitrogens with zero attached hydrogens (tertiary/aromatic N) is 1. The van der Waals surface area contributed by atoms with E-state index in [1.165, 1.54) is 6.26 Å². The number of sulfone groups is 1. The van der Waals surface area contributed by atoms with E-state index in [4.69, 9.17) is 4.42 Å². The smallest absolute Gasteiger partial charge is 0.208 e. The standard InChI is InChI=1S/C10H18N2O3S/c1-8-9(2)15-10(12-8)7-11-5-4-6-16(3,13)14/h11H,4-7H2,1-3H3. The summed E-state index contributed by atoms with van der Waals surface area (Å²) in [6, 6.07) is 0. The van der Waals surface area contributed by atoms with Crippen molar-refractivity contribution in [1.82, 2.24) is 10.3 Å². The highest BCUT2D eigenvalue weighted by atomic mass is 32.2. The van der Waals surface area contributed by atoms with Crippen LogP contribution in [-0.4, -0.2) is 32.0 Å². The van der Waals surface area contributed by atoms with E-state index in [1.807, 2.05) is 13.8 Å². The highest BCUT2D eigenvalue weighted by molar-refractivity contribution is 7.90. The second-order valence-electron chi connectivity index (χ2n) is 3.91. The molecule has 1 N–H and O–H groups in total. The van der Waals surface area contributed by atoms with Gasteiger partial charge < -0.3 is 9.73 Å². The van der Waals surface area contributed by atoms with Crippen LogP contribution >= 0.6 is 0 Å². The topological polar surface area (TPSA) is 72.2 Å². The molecule has 0 fully saturated rings. The summed E-state index contributed by atoms with van der Waals surface area (Å²) in [4.78, 5) is 4.21. The van der Waals surface area contributed by atoms with Crippen LogP contribution in [0.4, 0.5) is 0 Å². The van der Waals surface area contributed by atoms with Crippen molar-refractivity contribution in [2.75, 3.05) is 18.6 Å². The lowest BCUT2D eigenvalue weighted by Crippen LogP contribution is -2.18. The van der Waals surface area contributed by atoms with Crippen molar-refractivity contribution in [2.45, 2.75) is 26.8 Å². The molecule has 1 aromatic heterocycles. The Hall–Kier alpha value is -0.880. The van der Waals surface area contributed by atoms with Gasteiger partial charge in [-0.25, -0.2) is 13.4 Å². The first-order valence-electron chi connectivity index (χ1n) is 5.20. The van der Waals surface area contributed by atoms with E-state index in [2.05, 4.69) is 10.3 Å². The highest BCUT2D eigenvalue weighted by Crippen LogP contribution is 2.07. The second kappa shape index (κ2) is 5.45. The fraction of sp³-hybridized carbons (Fsp3) is 0.700. The first-order valence-corrected chi connectivity index (χ1v) is 7.26. The van der Waals surface area contributed by atoms with Gasteiger partial charge in [-0.3, -0.25) is 0 Å². The molecule has 1 rings (SSSR count). The van der Waals surface area contributed by atoms with Gasteiger partial charge in [0.05, 0.1) is 18.0 Å². The average Bonchev–Trinajstić information content (AvgIpc) is 2.44. The Morgan fingerprint density at radius 3 is 2.56 bits per heavy atom. The molecule has 1 aromatic rings. The van der Waals surface area contributed by atoms with Crippen molar-refractivity contribution in [3.8, 4) is 0 Å². The van der Waals surface area contributed by atoms with Crippen LogP contribution in [0.15, 0.2) is 4.42 Å². The van der Waals surface area contributed by atoms with Crippen molar-refractivity contribution in [2.24, 2.45) is 0 Å². The second-order valence-corrected chi connectivity index (χ2v) is 6.17. The number of aromatic nitrogens is 1. The summed E-state index contributed by atoms with van der Waals surface area (Å²) in [5, 5.41) is 3.09. The molecule has 0 unspecified atom stereocenters. The molecule has 92 valence electrons. The molecule has 0 atom stereocenters. The Kier molecular flexibility index (Phi) is 4.49. The molecule has 0 aliphatic carbocycles. The van der Waals surface area contributed by atoms with Crippen LogP contribution in [0.1, 0.15) is 23.8 Å². The van der Waals surface area contributed by atoms with Crippen molar-refractivity contribution >= 4 is 9.84 Å². The number of hydrogen-bond donors (Lipinski definition) is 1. The van der Waals surface area contributed by atoms with Gasteiger partial charge in [-0.05, 0) is 26.8 Å². The molecule has 0 bridgehead atoms. The number of hydrogen-bond acceptors (Lipinski definition) is 5. The van der Waals surface area contributed by atoms with Crippen LogP contribution in [-0.2, 0) is 16.4 Å². The quantitative estimate of drug-likeness (QED) is 0.752. The van der Waals surface area contributed by atoms with Gasteiger partial charge in [-0.15, -0.1) is 0 Å². The molecular weight excluding hydrogens is 228 g/mol. The molecule has 0 aliphatic rings. The zero-order chi connectivity index (χ0) is 12.2. The molecule has 0 saturated carbocycles. The molecule has 0 aromatic carbocycles. The summed E-state index contributed by atoms with van der Waals surface area (Å²) in [7, 11) is -2.85. The number of nitrogens with one attached hydrogen (secondary N) is 1. The molecule has 16 heavy (non-hydrogen) atoms. The van der Waals surface area contributed by atoms with E-state index >= 15 is 0 Å². The van der Waals surface area contributed by atoms with Gasteiger partial charge in [0.25, 0.3) is 0 Å². The lowest BCUT2D eigenvalue weighted by atomic mass is 10.4. The minimum atomic E-state index is -2.85. The Morgan fingerprint density at radius 2 is 2.06 bits per heavy atom. The van der Waals surface area contributed by atoms with Gasteiger partial charge in [-0.1, -0.05) is 0 Å². The van der Waals surface area contributed by atoms with E-state index in [1.54, 1.807) is 0 Å². The fourth-order valence-electron chi connectivity index (χ4n) is 1.27. The summed E-state index contributed by atoms with van der Waals surface area (Å²) in [6.07, 6.45) is 1.85. The number of oxazole rings is 1. The van der Waals surface area contributed by atoms with Gasteiger partial charge >= 0.3 is 0 Å². The summed E-state index contributed by atoms with van der Waals surface area (Å²) >= 11 is 0. The maximum Gasteiger partial charge on any atom is 0.208 e. The largest absolute Gasteiger partial charge is 0.444 e. The monoisotopic (exact) mass is 246 g/mol. The molecule has 6 heteroatoms. The molecule has 5 nitrogen and oxygen atoms in total. The van der Waals surface area contributed by atoms with E-state index in [-0.39, 0.29) is 5.75 Å². The van der Waals surface area contributed by atoms with Crippen molar-refractivity contribution in [1.29, 1.82) is 0 Å². The van der Waals surface area contributed by atoms with Crippen LogP contribution in [0, 0.1) is 13.8 Å². The normalized spacial score (nSPS) is 11.9. The Bertz CT molecular complexity index is 417. The zero-order valence-electron chi connectivity index (χ0n) is 9.91. The number of aryl methyl sites for hydroxylation is 2. The van der Waals surface area contributed by atoms with E-state index in [9.17, 15) is 8.42 Å². The molecule has 0 radical (unpaired) electrons. The van der Waals surface area contributed by atoms with E-state index < -0.39 is 9.84 Å². The average molecular weight is 246 g/mol. The summed E-state index contributed by atoms with van der Waals surface area (Å²) in [5.41, 5.74) is 0.896. The summed E-state index contributed by atoms with van der Waals surface area (Å²) in [6.45, 7) is 4.95. The van der Waals surface area contributed by atoms with Crippen LogP contribution in [0.3, 0.4) is 0 Å². The summed E-state index contributed by atoms with van der Waals surface area (Å²) < 4.78 is 27.1. The molecule has 0 saturated heterocycles. The Morgan fingerprint density at radius 1 is 1.38 bits per heavy atom. The van der Waals surface area contributed by atoms with Crippen molar-refractivity contribution in [3.63, 3.8) is 0 Å². The predicted molar refractivity (Wildman–Crippen MR) is 62.0 cm³/mol. The lowest BCUT2D eigenvalue weighted by Gasteiger charge is -2.00. The van der Waals surface area contributed by atoms with Crippen LogP contribution < -0.4 is 5.32 Å². The van der Waals surface area contributed by atoms with Crippen molar-refractivity contribution < 1.29 is 12.8 Å². The SMILES string of the molecule is Cc1nc(CNCCCS(C)(=O)=O)oc1C. The van der Waals surface area contributed by atoms with Crippen LogP contribution in [0.2, 0.25) is 0 Å². The first-order chi connectivity index (χ1) is 7.38. The molecule has 0 aliphatic heterocycles. The van der Waals surface area contributed by atoms with Gasteiger partial charge in [-0.2, -0.15) is 0 Å². The van der Waals surface area contributed by atoms with Crippen LogP contribution in [0.5, 0.6) is 0 Å². The summed E-state index contributed by atoms with van der Waals surface area (Å²) in [5.74, 6) is 1.69. The van der Waals surface area contributed by atoms with Gasteiger partial charge in [0, 0.05) is 6.26 Å². The van der Waals surface area contributed by atoms with E-state index in [0.29, 0.717) is 25.4 Å². The minimum absolute atomic E-state index is 0.212. The molecule has 1 heterocycles. The molecular formula is C10H18N2O3S. The highest BCUT2D eigenvalue weighted by Gasteiger charge is 2.05. The van der Waals surface area contributed by atoms with Crippen LogP contribution in [0.25, 0.3) is 0 Å². The third-order valence-electron chi connectivity index (χ3n) is 2.22. The third-order valence-corrected chi connectivity index (χ3v) is 3.25. The van der Waals surface area contributed by atoms with Crippen molar-refractivity contribution in [3.05, 3.63) is 17.3 Å². The van der Waals surface area contributed by atoms with E-state index in [0.717, 1.165) is 11.5 Å². The lowest BCUT2D eigenvalue weighted by molar-refractivity contribution is 0.449. The zero-order valence-corrected chi connectivity index (χ0v) is 10.7. The van der Waals surface area contributed by atoms with Gasteiger partial charge in [0.15, 0.2) is 0 Å². The fourth-order valence-corrected chi connectivity index (χ4v) is 1.94. The number of rotatable bonds is 6. The molecule has 0 amide bonds. The molecule has 0 spiro atoms. The third kappa shape index (κ3) is 4.76. The Labute approximate surface area is 96.2 Å². The maximum absolute atomic E-state index is 10.9. The maximum atomic E-state index is 10.9. The minimum Gasteiger partial charge on any atom is -0.444 e. The Balaban J connectivity index is 2.21. The van der Waals surface area contributed by atoms with Gasteiger partial charge in [0.1, 0.15) is 15.6 Å². The first kappa shape index (κ1) is 13.2. The van der Waals surface area contributed by atoms with Gasteiger partial charge in [0.2, 0.25) is 5.89 Å². The predicted octanol–water partition coefficient (Wildman–Crippen LogP) is 0.816.